The highest BCUT2D eigenvalue weighted by Crippen LogP contribution is 2.41. The number of anilines is 1. The number of methoxy groups -OCH3 is 3. The Morgan fingerprint density at radius 2 is 1.36 bits per heavy atom. The minimum Gasteiger partial charge on any atom is -0.493 e. The van der Waals surface area contributed by atoms with E-state index >= 15 is 0 Å². The Bertz CT molecular complexity index is 806. The summed E-state index contributed by atoms with van der Waals surface area (Å²) in [7, 11) is 4.09. The number of benzene rings is 2. The van der Waals surface area contributed by atoms with Gasteiger partial charge in [-0.3, -0.25) is 0 Å². The Hall–Kier alpha value is -2.61. The van der Waals surface area contributed by atoms with Gasteiger partial charge >= 0.3 is 10.1 Å². The molecule has 0 heterocycles. The first-order valence-electron chi connectivity index (χ1n) is 7.34. The molecule has 0 aliphatic heterocycles. The second-order valence-electron chi connectivity index (χ2n) is 5.29. The highest BCUT2D eigenvalue weighted by molar-refractivity contribution is 7.87. The molecule has 136 valence electrons. The minimum absolute atomic E-state index is 0.0480. The molecule has 0 fully saturated rings. The van der Waals surface area contributed by atoms with Crippen molar-refractivity contribution in [3.05, 3.63) is 36.4 Å². The first-order valence-corrected chi connectivity index (χ1v) is 8.75. The van der Waals surface area contributed by atoms with Crippen molar-refractivity contribution in [3.63, 3.8) is 0 Å². The molecular formula is C17H21NO6S. The quantitative estimate of drug-likeness (QED) is 0.696. The van der Waals surface area contributed by atoms with E-state index in [1.54, 1.807) is 12.1 Å². The van der Waals surface area contributed by atoms with Gasteiger partial charge in [0.2, 0.25) is 5.75 Å². The van der Waals surface area contributed by atoms with Crippen molar-refractivity contribution in [3.8, 4) is 23.0 Å². The van der Waals surface area contributed by atoms with Gasteiger partial charge in [-0.1, -0.05) is 0 Å². The zero-order valence-electron chi connectivity index (χ0n) is 14.8. The van der Waals surface area contributed by atoms with Gasteiger partial charge < -0.3 is 23.3 Å². The number of nitrogens with zero attached hydrogens (tertiary/aromatic N) is 1. The van der Waals surface area contributed by atoms with Crippen LogP contribution in [0.3, 0.4) is 0 Å². The Morgan fingerprint density at radius 1 is 0.840 bits per heavy atom. The van der Waals surface area contributed by atoms with Crippen LogP contribution in [0.4, 0.5) is 5.69 Å². The van der Waals surface area contributed by atoms with Gasteiger partial charge in [0, 0.05) is 31.9 Å². The predicted octanol–water partition coefficient (Wildman–Crippen LogP) is 2.55. The largest absolute Gasteiger partial charge is 0.493 e. The van der Waals surface area contributed by atoms with Crippen molar-refractivity contribution in [1.82, 2.24) is 0 Å². The van der Waals surface area contributed by atoms with Gasteiger partial charge in [-0.25, -0.2) is 0 Å². The fourth-order valence-corrected chi connectivity index (χ4v) is 3.11. The summed E-state index contributed by atoms with van der Waals surface area (Å²) >= 11 is 0. The topological polar surface area (TPSA) is 74.3 Å². The maximum Gasteiger partial charge on any atom is 0.339 e. The van der Waals surface area contributed by atoms with E-state index in [-0.39, 0.29) is 10.6 Å². The van der Waals surface area contributed by atoms with Crippen molar-refractivity contribution in [2.75, 3.05) is 40.3 Å². The third-order valence-electron chi connectivity index (χ3n) is 3.49. The molecule has 2 aromatic carbocycles. The Morgan fingerprint density at radius 3 is 1.76 bits per heavy atom. The second kappa shape index (κ2) is 7.52. The van der Waals surface area contributed by atoms with Crippen molar-refractivity contribution in [2.45, 2.75) is 4.90 Å². The molecule has 0 spiro atoms. The molecule has 0 aromatic heterocycles. The molecule has 0 amide bonds. The highest BCUT2D eigenvalue weighted by atomic mass is 32.2. The van der Waals surface area contributed by atoms with Gasteiger partial charge in [0.05, 0.1) is 21.3 Å². The maximum atomic E-state index is 12.5. The minimum atomic E-state index is -4.00. The van der Waals surface area contributed by atoms with Crippen LogP contribution in [0.2, 0.25) is 0 Å². The Balaban J connectivity index is 2.37. The molecule has 0 bridgehead atoms. The summed E-state index contributed by atoms with van der Waals surface area (Å²) < 4.78 is 45.8. The van der Waals surface area contributed by atoms with Crippen LogP contribution in [0, 0.1) is 0 Å². The zero-order chi connectivity index (χ0) is 18.6. The molecule has 0 saturated carbocycles. The first-order chi connectivity index (χ1) is 11.8. The van der Waals surface area contributed by atoms with Gasteiger partial charge in [-0.2, -0.15) is 8.42 Å². The van der Waals surface area contributed by atoms with E-state index in [1.807, 2.05) is 19.0 Å². The monoisotopic (exact) mass is 367 g/mol. The van der Waals surface area contributed by atoms with E-state index in [4.69, 9.17) is 18.4 Å². The van der Waals surface area contributed by atoms with Gasteiger partial charge in [0.25, 0.3) is 0 Å². The molecule has 7 nitrogen and oxygen atoms in total. The summed E-state index contributed by atoms with van der Waals surface area (Å²) in [5, 5.41) is 0. The SMILES string of the molecule is COc1cc(OS(=O)(=O)c2ccc(N(C)C)cc2)cc(OC)c1OC. The molecule has 8 heteroatoms. The summed E-state index contributed by atoms with van der Waals surface area (Å²) in [5.41, 5.74) is 0.881. The molecule has 0 unspecified atom stereocenters. The van der Waals surface area contributed by atoms with Gasteiger partial charge in [0.15, 0.2) is 17.2 Å². The van der Waals surface area contributed by atoms with Gasteiger partial charge in [-0.05, 0) is 24.3 Å². The van der Waals surface area contributed by atoms with Gasteiger partial charge in [0.1, 0.15) is 4.90 Å². The average Bonchev–Trinajstić information content (AvgIpc) is 2.60. The lowest BCUT2D eigenvalue weighted by molar-refractivity contribution is 0.322. The van der Waals surface area contributed by atoms with E-state index in [9.17, 15) is 8.42 Å². The molecule has 0 saturated heterocycles. The molecule has 25 heavy (non-hydrogen) atoms. The predicted molar refractivity (Wildman–Crippen MR) is 94.7 cm³/mol. The lowest BCUT2D eigenvalue weighted by Gasteiger charge is -2.15. The molecule has 0 N–H and O–H groups in total. The molecular weight excluding hydrogens is 346 g/mol. The standard InChI is InChI=1S/C17H21NO6S/c1-18(2)12-6-8-14(9-7-12)25(19,20)24-13-10-15(21-3)17(23-5)16(11-13)22-4/h6-11H,1-5H3. The smallest absolute Gasteiger partial charge is 0.339 e. The van der Waals surface area contributed by atoms with Crippen LogP contribution in [-0.2, 0) is 10.1 Å². The van der Waals surface area contributed by atoms with Crippen LogP contribution in [0.15, 0.2) is 41.3 Å². The van der Waals surface area contributed by atoms with Crippen LogP contribution in [0.5, 0.6) is 23.0 Å². The highest BCUT2D eigenvalue weighted by Gasteiger charge is 2.20. The lowest BCUT2D eigenvalue weighted by Crippen LogP contribution is -2.12. The summed E-state index contributed by atoms with van der Waals surface area (Å²) in [6, 6.07) is 9.22. The molecule has 2 rings (SSSR count). The van der Waals surface area contributed by atoms with Gasteiger partial charge in [-0.15, -0.1) is 0 Å². The van der Waals surface area contributed by atoms with E-state index in [0.717, 1.165) is 5.69 Å². The fraction of sp³-hybridized carbons (Fsp3) is 0.294. The average molecular weight is 367 g/mol. The summed E-state index contributed by atoms with van der Waals surface area (Å²) in [5.74, 6) is 1.02. The lowest BCUT2D eigenvalue weighted by atomic mass is 10.2. The zero-order valence-corrected chi connectivity index (χ0v) is 15.6. The van der Waals surface area contributed by atoms with Crippen molar-refractivity contribution in [1.29, 1.82) is 0 Å². The van der Waals surface area contributed by atoms with E-state index in [2.05, 4.69) is 0 Å². The summed E-state index contributed by atoms with van der Waals surface area (Å²) in [6.45, 7) is 0. The van der Waals surface area contributed by atoms with Crippen LogP contribution in [0.1, 0.15) is 0 Å². The third kappa shape index (κ3) is 4.08. The summed E-state index contributed by atoms with van der Waals surface area (Å²) in [6.07, 6.45) is 0. The number of hydrogen-bond donors (Lipinski definition) is 0. The molecule has 0 radical (unpaired) electrons. The number of hydrogen-bond acceptors (Lipinski definition) is 7. The molecule has 0 aliphatic carbocycles. The van der Waals surface area contributed by atoms with Crippen molar-refractivity contribution >= 4 is 15.8 Å². The molecule has 0 aliphatic rings. The van der Waals surface area contributed by atoms with E-state index in [0.29, 0.717) is 17.2 Å². The molecule has 2 aromatic rings. The van der Waals surface area contributed by atoms with E-state index < -0.39 is 10.1 Å². The van der Waals surface area contributed by atoms with Crippen LogP contribution >= 0.6 is 0 Å². The fourth-order valence-electron chi connectivity index (χ4n) is 2.19. The van der Waals surface area contributed by atoms with E-state index in [1.165, 1.54) is 45.6 Å². The molecule has 0 atom stereocenters. The van der Waals surface area contributed by atoms with Crippen molar-refractivity contribution < 1.29 is 26.8 Å². The van der Waals surface area contributed by atoms with Crippen LogP contribution < -0.4 is 23.3 Å². The summed E-state index contributed by atoms with van der Waals surface area (Å²) in [4.78, 5) is 1.92. The normalized spacial score (nSPS) is 10.9. The van der Waals surface area contributed by atoms with Crippen molar-refractivity contribution in [2.24, 2.45) is 0 Å². The number of ether oxygens (including phenoxy) is 3. The first kappa shape index (κ1) is 18.7. The number of rotatable bonds is 7. The van der Waals surface area contributed by atoms with Crippen LogP contribution in [0.25, 0.3) is 0 Å². The van der Waals surface area contributed by atoms with Crippen LogP contribution in [-0.4, -0.2) is 43.8 Å². The Kier molecular flexibility index (Phi) is 5.63. The maximum absolute atomic E-state index is 12.5. The third-order valence-corrected chi connectivity index (χ3v) is 4.75. The second-order valence-corrected chi connectivity index (χ2v) is 6.83. The Labute approximate surface area is 147 Å².